The molecule has 2 aromatic heterocycles. The van der Waals surface area contributed by atoms with Crippen LogP contribution < -0.4 is 10.1 Å². The lowest BCUT2D eigenvalue weighted by Crippen LogP contribution is -2.15. The number of hydrogen-bond acceptors (Lipinski definition) is 6. The third-order valence-electron chi connectivity index (χ3n) is 4.41. The summed E-state index contributed by atoms with van der Waals surface area (Å²) >= 11 is 0. The largest absolute Gasteiger partial charge is 0.475 e. The molecule has 0 radical (unpaired) electrons. The number of hydrogen-bond donors (Lipinski definition) is 2. The van der Waals surface area contributed by atoms with Gasteiger partial charge in [-0.15, -0.1) is 5.10 Å². The Labute approximate surface area is 164 Å². The van der Waals surface area contributed by atoms with E-state index in [2.05, 4.69) is 20.6 Å². The van der Waals surface area contributed by atoms with Crippen molar-refractivity contribution in [1.29, 1.82) is 0 Å². The Hall–Kier alpha value is -4.21. The van der Waals surface area contributed by atoms with E-state index in [0.717, 1.165) is 16.3 Å². The van der Waals surface area contributed by atoms with Crippen LogP contribution in [0.5, 0.6) is 5.88 Å². The van der Waals surface area contributed by atoms with Crippen molar-refractivity contribution < 1.29 is 14.5 Å². The molecule has 1 amide bonds. The van der Waals surface area contributed by atoms with E-state index in [-0.39, 0.29) is 17.4 Å². The molecule has 146 valence electrons. The number of nitrogens with zero attached hydrogens (tertiary/aromatic N) is 4. The normalized spacial score (nSPS) is 10.8. The van der Waals surface area contributed by atoms with Crippen LogP contribution in [0.4, 0.5) is 11.5 Å². The molecule has 0 spiro atoms. The first-order valence-corrected chi connectivity index (χ1v) is 8.65. The average Bonchev–Trinajstić information content (AvgIpc) is 3.35. The van der Waals surface area contributed by atoms with E-state index in [4.69, 9.17) is 4.74 Å². The molecule has 2 N–H and O–H groups in total. The van der Waals surface area contributed by atoms with Gasteiger partial charge < -0.3 is 10.1 Å². The topological polar surface area (TPSA) is 128 Å². The highest BCUT2D eigenvalue weighted by Gasteiger charge is 2.30. The Kier molecular flexibility index (Phi) is 4.65. The number of ether oxygens (including phenoxy) is 1. The lowest BCUT2D eigenvalue weighted by atomic mass is 10.0. The number of aromatic nitrogens is 4. The third-order valence-corrected chi connectivity index (χ3v) is 4.41. The van der Waals surface area contributed by atoms with Gasteiger partial charge in [0.15, 0.2) is 5.82 Å². The fraction of sp³-hybridized carbons (Fsp3) is 0.105. The van der Waals surface area contributed by atoms with Gasteiger partial charge in [-0.05, 0) is 16.3 Å². The quantitative estimate of drug-likeness (QED) is 0.383. The van der Waals surface area contributed by atoms with Crippen molar-refractivity contribution in [3.8, 4) is 5.88 Å². The number of nitro groups is 1. The van der Waals surface area contributed by atoms with Gasteiger partial charge in [-0.2, -0.15) is 5.10 Å². The number of anilines is 1. The highest BCUT2D eigenvalue weighted by Crippen LogP contribution is 2.28. The van der Waals surface area contributed by atoms with Gasteiger partial charge in [0.2, 0.25) is 5.69 Å². The van der Waals surface area contributed by atoms with Gasteiger partial charge >= 0.3 is 11.6 Å². The standard InChI is InChI=1S/C19H16N6O4/c1-29-19-17(25(27)28)16(21-22-19)18(26)20-15-9-10-24(23-15)11-13-7-4-6-12-5-2-3-8-14(12)13/h2-10H,11H2,1H3,(H,21,22)(H,20,23,26). The molecule has 0 saturated heterocycles. The molecule has 0 saturated carbocycles. The van der Waals surface area contributed by atoms with Crippen molar-refractivity contribution in [2.75, 3.05) is 12.4 Å². The molecule has 2 aromatic carbocycles. The van der Waals surface area contributed by atoms with Crippen LogP contribution in [-0.2, 0) is 6.54 Å². The Morgan fingerprint density at radius 2 is 2.03 bits per heavy atom. The van der Waals surface area contributed by atoms with Crippen molar-refractivity contribution in [3.05, 3.63) is 76.1 Å². The van der Waals surface area contributed by atoms with Crippen LogP contribution >= 0.6 is 0 Å². The van der Waals surface area contributed by atoms with E-state index in [1.807, 2.05) is 42.5 Å². The van der Waals surface area contributed by atoms with Gasteiger partial charge in [-0.25, -0.2) is 0 Å². The van der Waals surface area contributed by atoms with Gasteiger partial charge in [0.1, 0.15) is 0 Å². The number of aromatic amines is 1. The number of nitrogens with one attached hydrogen (secondary N) is 2. The predicted molar refractivity (Wildman–Crippen MR) is 105 cm³/mol. The molecule has 0 aliphatic rings. The Morgan fingerprint density at radius 1 is 1.24 bits per heavy atom. The first-order valence-electron chi connectivity index (χ1n) is 8.65. The fourth-order valence-electron chi connectivity index (χ4n) is 3.09. The number of carbonyl (C=O) groups is 1. The van der Waals surface area contributed by atoms with Gasteiger partial charge in [0, 0.05) is 12.3 Å². The van der Waals surface area contributed by atoms with E-state index in [9.17, 15) is 14.9 Å². The summed E-state index contributed by atoms with van der Waals surface area (Å²) in [5, 5.41) is 26.3. The maximum atomic E-state index is 12.4. The van der Waals surface area contributed by atoms with Crippen LogP contribution in [0, 0.1) is 10.1 Å². The molecule has 4 rings (SSSR count). The maximum absolute atomic E-state index is 12.4. The van der Waals surface area contributed by atoms with Crippen molar-refractivity contribution in [1.82, 2.24) is 20.0 Å². The summed E-state index contributed by atoms with van der Waals surface area (Å²) in [6, 6.07) is 15.7. The van der Waals surface area contributed by atoms with Crippen molar-refractivity contribution in [2.24, 2.45) is 0 Å². The number of benzene rings is 2. The van der Waals surface area contributed by atoms with Gasteiger partial charge in [-0.3, -0.25) is 24.7 Å². The minimum absolute atomic E-state index is 0.262. The van der Waals surface area contributed by atoms with Gasteiger partial charge in [0.05, 0.1) is 18.6 Å². The summed E-state index contributed by atoms with van der Waals surface area (Å²) in [7, 11) is 1.24. The zero-order valence-corrected chi connectivity index (χ0v) is 15.3. The zero-order chi connectivity index (χ0) is 20.4. The van der Waals surface area contributed by atoms with Crippen LogP contribution in [-0.4, -0.2) is 37.9 Å². The molecule has 0 aliphatic carbocycles. The maximum Gasteiger partial charge on any atom is 0.362 e. The highest BCUT2D eigenvalue weighted by molar-refractivity contribution is 6.05. The summed E-state index contributed by atoms with van der Waals surface area (Å²) in [5.74, 6) is -0.734. The second kappa shape index (κ2) is 7.43. The molecule has 0 unspecified atom stereocenters. The van der Waals surface area contributed by atoms with Crippen molar-refractivity contribution in [3.63, 3.8) is 0 Å². The lowest BCUT2D eigenvalue weighted by molar-refractivity contribution is -0.386. The first-order chi connectivity index (χ1) is 14.1. The van der Waals surface area contributed by atoms with Gasteiger partial charge in [0.25, 0.3) is 5.91 Å². The SMILES string of the molecule is COc1n[nH]c(C(=O)Nc2ccn(Cc3cccc4ccccc34)n2)c1[N+](=O)[O-]. The van der Waals surface area contributed by atoms with Gasteiger partial charge in [-0.1, -0.05) is 42.5 Å². The number of fused-ring (bicyclic) bond motifs is 1. The summed E-state index contributed by atoms with van der Waals surface area (Å²) in [5.41, 5.74) is 0.244. The number of rotatable bonds is 6. The van der Waals surface area contributed by atoms with Crippen LogP contribution in [0.2, 0.25) is 0 Å². The third kappa shape index (κ3) is 3.50. The smallest absolute Gasteiger partial charge is 0.362 e. The highest BCUT2D eigenvalue weighted by atomic mass is 16.6. The first kappa shape index (κ1) is 18.2. The molecule has 4 aromatic rings. The van der Waals surface area contributed by atoms with Crippen LogP contribution in [0.25, 0.3) is 10.8 Å². The summed E-state index contributed by atoms with van der Waals surface area (Å²) < 4.78 is 6.49. The Balaban J connectivity index is 1.53. The molecule has 0 atom stereocenters. The van der Waals surface area contributed by atoms with Crippen molar-refractivity contribution in [2.45, 2.75) is 6.54 Å². The molecule has 10 heteroatoms. The lowest BCUT2D eigenvalue weighted by Gasteiger charge is -2.06. The Bertz CT molecular complexity index is 1210. The fourth-order valence-corrected chi connectivity index (χ4v) is 3.09. The van der Waals surface area contributed by atoms with E-state index >= 15 is 0 Å². The summed E-state index contributed by atoms with van der Waals surface area (Å²) in [6.07, 6.45) is 1.72. The zero-order valence-electron chi connectivity index (χ0n) is 15.3. The van der Waals surface area contributed by atoms with Crippen LogP contribution in [0.1, 0.15) is 16.1 Å². The van der Waals surface area contributed by atoms with E-state index in [1.54, 1.807) is 16.9 Å². The van der Waals surface area contributed by atoms with E-state index in [0.29, 0.717) is 6.54 Å². The molecule has 0 fully saturated rings. The van der Waals surface area contributed by atoms with Crippen LogP contribution in [0.15, 0.2) is 54.7 Å². The molecular formula is C19H16N6O4. The summed E-state index contributed by atoms with van der Waals surface area (Å²) in [4.78, 5) is 22.9. The number of methoxy groups -OCH3 is 1. The number of H-pyrrole nitrogens is 1. The van der Waals surface area contributed by atoms with E-state index in [1.165, 1.54) is 7.11 Å². The minimum Gasteiger partial charge on any atom is -0.475 e. The molecular weight excluding hydrogens is 376 g/mol. The number of amides is 1. The minimum atomic E-state index is -0.733. The Morgan fingerprint density at radius 3 is 2.83 bits per heavy atom. The molecule has 10 nitrogen and oxygen atoms in total. The predicted octanol–water partition coefficient (Wildman–Crippen LogP) is 2.98. The number of carbonyl (C=O) groups excluding carboxylic acids is 1. The second-order valence-corrected chi connectivity index (χ2v) is 6.20. The molecule has 2 heterocycles. The second-order valence-electron chi connectivity index (χ2n) is 6.20. The molecule has 0 aliphatic heterocycles. The average molecular weight is 392 g/mol. The molecule has 0 bridgehead atoms. The summed E-state index contributed by atoms with van der Waals surface area (Å²) in [6.45, 7) is 0.509. The van der Waals surface area contributed by atoms with Crippen molar-refractivity contribution >= 4 is 28.2 Å². The molecule has 29 heavy (non-hydrogen) atoms. The van der Waals surface area contributed by atoms with Crippen LogP contribution in [0.3, 0.4) is 0 Å². The monoisotopic (exact) mass is 392 g/mol. The van der Waals surface area contributed by atoms with E-state index < -0.39 is 16.5 Å².